The summed E-state index contributed by atoms with van der Waals surface area (Å²) in [6.45, 7) is 0. The SMILES string of the molecule is COc1cc2c(cc1OC)-c1c(cc(OC)c(OC)c1OC)CS(=O)C2. The lowest BCUT2D eigenvalue weighted by atomic mass is 9.94. The van der Waals surface area contributed by atoms with Crippen LogP contribution in [-0.4, -0.2) is 39.8 Å². The normalized spacial score (nSPS) is 15.3. The van der Waals surface area contributed by atoms with Gasteiger partial charge in [0.2, 0.25) is 5.75 Å². The molecule has 0 spiro atoms. The van der Waals surface area contributed by atoms with Crippen LogP contribution in [0.3, 0.4) is 0 Å². The summed E-state index contributed by atoms with van der Waals surface area (Å²) in [7, 11) is 6.81. The summed E-state index contributed by atoms with van der Waals surface area (Å²) in [4.78, 5) is 0. The molecular weight excluding hydrogens is 356 g/mol. The van der Waals surface area contributed by atoms with Crippen LogP contribution in [0.4, 0.5) is 0 Å². The Morgan fingerprint density at radius 3 is 1.81 bits per heavy atom. The summed E-state index contributed by atoms with van der Waals surface area (Å²) < 4.78 is 40.2. The van der Waals surface area contributed by atoms with Crippen molar-refractivity contribution >= 4 is 10.8 Å². The molecule has 1 aliphatic heterocycles. The highest BCUT2D eigenvalue weighted by Gasteiger charge is 2.28. The maximum absolute atomic E-state index is 12.6. The summed E-state index contributed by atoms with van der Waals surface area (Å²) in [6, 6.07) is 5.63. The van der Waals surface area contributed by atoms with Crippen LogP contribution in [-0.2, 0) is 22.3 Å². The van der Waals surface area contributed by atoms with E-state index in [-0.39, 0.29) is 0 Å². The zero-order valence-electron chi connectivity index (χ0n) is 15.5. The van der Waals surface area contributed by atoms with Gasteiger partial charge in [-0.05, 0) is 34.9 Å². The van der Waals surface area contributed by atoms with Crippen molar-refractivity contribution in [1.82, 2.24) is 0 Å². The Morgan fingerprint density at radius 1 is 0.692 bits per heavy atom. The van der Waals surface area contributed by atoms with Gasteiger partial charge < -0.3 is 23.7 Å². The summed E-state index contributed by atoms with van der Waals surface area (Å²) in [5, 5.41) is 0. The van der Waals surface area contributed by atoms with Gasteiger partial charge in [0, 0.05) is 27.9 Å². The molecule has 6 nitrogen and oxygen atoms in total. The van der Waals surface area contributed by atoms with Gasteiger partial charge in [-0.25, -0.2) is 0 Å². The molecule has 1 heterocycles. The van der Waals surface area contributed by atoms with Crippen molar-refractivity contribution in [2.75, 3.05) is 35.5 Å². The van der Waals surface area contributed by atoms with Gasteiger partial charge >= 0.3 is 0 Å². The largest absolute Gasteiger partial charge is 0.493 e. The molecule has 140 valence electrons. The molecular formula is C19H22O6S. The van der Waals surface area contributed by atoms with Crippen molar-refractivity contribution in [3.05, 3.63) is 29.3 Å². The van der Waals surface area contributed by atoms with Crippen LogP contribution in [0.5, 0.6) is 28.7 Å². The van der Waals surface area contributed by atoms with E-state index in [9.17, 15) is 4.21 Å². The molecule has 1 atom stereocenters. The number of ether oxygens (including phenoxy) is 5. The zero-order chi connectivity index (χ0) is 18.8. The summed E-state index contributed by atoms with van der Waals surface area (Å²) in [5.74, 6) is 3.61. The molecule has 0 saturated heterocycles. The number of benzene rings is 2. The lowest BCUT2D eigenvalue weighted by Crippen LogP contribution is -2.01. The third kappa shape index (κ3) is 2.96. The lowest BCUT2D eigenvalue weighted by Gasteiger charge is -2.20. The van der Waals surface area contributed by atoms with Crippen molar-refractivity contribution in [2.45, 2.75) is 11.5 Å². The average molecular weight is 378 g/mol. The molecule has 0 saturated carbocycles. The van der Waals surface area contributed by atoms with E-state index in [4.69, 9.17) is 23.7 Å². The molecule has 3 rings (SSSR count). The first-order valence-corrected chi connectivity index (χ1v) is 9.48. The molecule has 0 aromatic heterocycles. The van der Waals surface area contributed by atoms with Crippen molar-refractivity contribution in [2.24, 2.45) is 0 Å². The first kappa shape index (κ1) is 18.4. The van der Waals surface area contributed by atoms with E-state index in [0.29, 0.717) is 40.3 Å². The maximum atomic E-state index is 12.6. The Labute approximate surface area is 155 Å². The van der Waals surface area contributed by atoms with Crippen LogP contribution < -0.4 is 23.7 Å². The van der Waals surface area contributed by atoms with E-state index in [1.54, 1.807) is 35.5 Å². The topological polar surface area (TPSA) is 63.2 Å². The lowest BCUT2D eigenvalue weighted by molar-refractivity contribution is 0.325. The fourth-order valence-corrected chi connectivity index (χ4v) is 4.55. The van der Waals surface area contributed by atoms with Gasteiger partial charge in [0.15, 0.2) is 23.0 Å². The molecule has 2 aromatic rings. The van der Waals surface area contributed by atoms with Crippen molar-refractivity contribution in [3.63, 3.8) is 0 Å². The summed E-state index contributed by atoms with van der Waals surface area (Å²) in [5.41, 5.74) is 3.52. The molecule has 0 radical (unpaired) electrons. The van der Waals surface area contributed by atoms with E-state index in [0.717, 1.165) is 22.3 Å². The predicted octanol–water partition coefficient (Wildman–Crippen LogP) is 3.16. The molecule has 0 bridgehead atoms. The van der Waals surface area contributed by atoms with E-state index in [1.807, 2.05) is 18.2 Å². The molecule has 0 amide bonds. The molecule has 1 unspecified atom stereocenters. The Hall–Kier alpha value is -2.41. The number of methoxy groups -OCH3 is 5. The second-order valence-corrected chi connectivity index (χ2v) is 7.23. The number of hydrogen-bond donors (Lipinski definition) is 0. The first-order valence-electron chi connectivity index (χ1n) is 8.00. The molecule has 2 aromatic carbocycles. The highest BCUT2D eigenvalue weighted by Crippen LogP contribution is 2.50. The predicted molar refractivity (Wildman–Crippen MR) is 100 cm³/mol. The smallest absolute Gasteiger partial charge is 0.203 e. The van der Waals surface area contributed by atoms with Crippen LogP contribution in [0.25, 0.3) is 11.1 Å². The molecule has 0 aliphatic carbocycles. The minimum atomic E-state index is -1.08. The van der Waals surface area contributed by atoms with Gasteiger partial charge in [-0.1, -0.05) is 0 Å². The van der Waals surface area contributed by atoms with Crippen LogP contribution in [0, 0.1) is 0 Å². The number of fused-ring (bicyclic) bond motifs is 3. The quantitative estimate of drug-likeness (QED) is 0.796. The van der Waals surface area contributed by atoms with Gasteiger partial charge in [-0.2, -0.15) is 0 Å². The van der Waals surface area contributed by atoms with Gasteiger partial charge in [-0.15, -0.1) is 0 Å². The van der Waals surface area contributed by atoms with Crippen molar-refractivity contribution < 1.29 is 27.9 Å². The first-order chi connectivity index (χ1) is 12.6. The van der Waals surface area contributed by atoms with Crippen LogP contribution in [0.2, 0.25) is 0 Å². The van der Waals surface area contributed by atoms with Gasteiger partial charge in [0.05, 0.1) is 35.5 Å². The number of hydrogen-bond acceptors (Lipinski definition) is 6. The van der Waals surface area contributed by atoms with Crippen molar-refractivity contribution in [1.29, 1.82) is 0 Å². The summed E-state index contributed by atoms with van der Waals surface area (Å²) >= 11 is 0. The third-order valence-electron chi connectivity index (χ3n) is 4.42. The third-order valence-corrected chi connectivity index (χ3v) is 5.69. The monoisotopic (exact) mass is 378 g/mol. The molecule has 7 heteroatoms. The Kier molecular flexibility index (Phi) is 5.27. The summed E-state index contributed by atoms with van der Waals surface area (Å²) in [6.07, 6.45) is 0. The van der Waals surface area contributed by atoms with E-state index in [1.165, 1.54) is 0 Å². The fourth-order valence-electron chi connectivity index (χ4n) is 3.29. The van der Waals surface area contributed by atoms with Crippen LogP contribution in [0.15, 0.2) is 18.2 Å². The van der Waals surface area contributed by atoms with E-state index in [2.05, 4.69) is 0 Å². The van der Waals surface area contributed by atoms with E-state index < -0.39 is 10.8 Å². The molecule has 26 heavy (non-hydrogen) atoms. The van der Waals surface area contributed by atoms with Gasteiger partial charge in [0.25, 0.3) is 0 Å². The van der Waals surface area contributed by atoms with E-state index >= 15 is 0 Å². The number of rotatable bonds is 5. The fraction of sp³-hybridized carbons (Fsp3) is 0.368. The van der Waals surface area contributed by atoms with Gasteiger partial charge in [-0.3, -0.25) is 4.21 Å². The Bertz CT molecular complexity index is 862. The molecule has 0 fully saturated rings. The second-order valence-electron chi connectivity index (χ2n) is 5.77. The Balaban J connectivity index is 2.40. The minimum Gasteiger partial charge on any atom is -0.493 e. The second kappa shape index (κ2) is 7.45. The van der Waals surface area contributed by atoms with Crippen LogP contribution in [0.1, 0.15) is 11.1 Å². The Morgan fingerprint density at radius 2 is 1.23 bits per heavy atom. The highest BCUT2D eigenvalue weighted by molar-refractivity contribution is 7.83. The van der Waals surface area contributed by atoms with Crippen LogP contribution >= 0.6 is 0 Å². The van der Waals surface area contributed by atoms with Gasteiger partial charge in [0.1, 0.15) is 0 Å². The highest BCUT2D eigenvalue weighted by atomic mass is 32.2. The standard InChI is InChI=1S/C19H22O6S/c1-21-14-6-11-9-26(20)10-12-7-16(23-3)18(24-4)19(25-5)17(12)13(11)8-15(14)22-2/h6-8H,9-10H2,1-5H3. The average Bonchev–Trinajstić information content (AvgIpc) is 2.79. The molecule has 1 aliphatic rings. The maximum Gasteiger partial charge on any atom is 0.203 e. The minimum absolute atomic E-state index is 0.394. The zero-order valence-corrected chi connectivity index (χ0v) is 16.3. The molecule has 0 N–H and O–H groups in total. The van der Waals surface area contributed by atoms with Crippen molar-refractivity contribution in [3.8, 4) is 39.9 Å².